The lowest BCUT2D eigenvalue weighted by Crippen LogP contribution is -2.59. The second-order valence-electron chi connectivity index (χ2n) is 14.1. The van der Waals surface area contributed by atoms with Crippen molar-refractivity contribution in [1.29, 1.82) is 0 Å². The van der Waals surface area contributed by atoms with Gasteiger partial charge in [-0.2, -0.15) is 0 Å². The second-order valence-corrected chi connectivity index (χ2v) is 14.9. The Balaban J connectivity index is 1.09. The van der Waals surface area contributed by atoms with Crippen molar-refractivity contribution in [3.05, 3.63) is 0 Å². The van der Waals surface area contributed by atoms with Crippen molar-refractivity contribution in [3.8, 4) is 0 Å². The van der Waals surface area contributed by atoms with E-state index in [1.807, 2.05) is 0 Å². The maximum Gasteiger partial charge on any atom is 0.166 e. The van der Waals surface area contributed by atoms with E-state index in [1.54, 1.807) is 0 Å². The van der Waals surface area contributed by atoms with E-state index in [-0.39, 0.29) is 11.1 Å². The van der Waals surface area contributed by atoms with Crippen molar-refractivity contribution in [1.82, 2.24) is 21.3 Å². The van der Waals surface area contributed by atoms with Gasteiger partial charge in [-0.3, -0.25) is 0 Å². The highest BCUT2D eigenvalue weighted by molar-refractivity contribution is 7.80. The Labute approximate surface area is 232 Å². The SMILES string of the molecule is CC1CC2CC(C)CC(NC(=S)NCCCCCNC(=S)NC34CC(C)CC(C3)C(C)C(C)C4)(C1)C2. The lowest BCUT2D eigenvalue weighted by molar-refractivity contribution is 0.0243. The van der Waals surface area contributed by atoms with Crippen LogP contribution in [0.25, 0.3) is 0 Å². The van der Waals surface area contributed by atoms with Crippen LogP contribution in [0.1, 0.15) is 112 Å². The molecule has 0 amide bonds. The van der Waals surface area contributed by atoms with Crippen LogP contribution >= 0.6 is 24.4 Å². The summed E-state index contributed by atoms with van der Waals surface area (Å²) in [7, 11) is 0. The maximum absolute atomic E-state index is 5.75. The third-order valence-electron chi connectivity index (χ3n) is 10.3. The van der Waals surface area contributed by atoms with E-state index in [1.165, 1.54) is 64.2 Å². The molecule has 206 valence electrons. The zero-order valence-corrected chi connectivity index (χ0v) is 25.4. The largest absolute Gasteiger partial charge is 0.363 e. The molecule has 4 fully saturated rings. The fraction of sp³-hybridized carbons (Fsp3) is 0.933. The normalized spacial score (nSPS) is 41.8. The Hall–Kier alpha value is -0.620. The van der Waals surface area contributed by atoms with E-state index in [4.69, 9.17) is 24.4 Å². The topological polar surface area (TPSA) is 48.1 Å². The van der Waals surface area contributed by atoms with Gasteiger partial charge in [0.15, 0.2) is 10.2 Å². The molecule has 4 N–H and O–H groups in total. The predicted molar refractivity (Wildman–Crippen MR) is 161 cm³/mol. The molecule has 4 aliphatic carbocycles. The Morgan fingerprint density at radius 2 is 1.14 bits per heavy atom. The molecule has 0 aliphatic heterocycles. The quantitative estimate of drug-likeness (QED) is 0.210. The molecule has 0 aromatic heterocycles. The van der Waals surface area contributed by atoms with Gasteiger partial charge >= 0.3 is 0 Å². The summed E-state index contributed by atoms with van der Waals surface area (Å²) in [4.78, 5) is 0. The summed E-state index contributed by atoms with van der Waals surface area (Å²) in [6, 6.07) is 0. The predicted octanol–water partition coefficient (Wildman–Crippen LogP) is 6.54. The van der Waals surface area contributed by atoms with Gasteiger partial charge in [-0.05, 0) is 143 Å². The molecule has 0 aromatic carbocycles. The summed E-state index contributed by atoms with van der Waals surface area (Å²) >= 11 is 11.5. The van der Waals surface area contributed by atoms with Crippen LogP contribution < -0.4 is 21.3 Å². The summed E-state index contributed by atoms with van der Waals surface area (Å²) in [5.41, 5.74) is 0.456. The Morgan fingerprint density at radius 1 is 0.639 bits per heavy atom. The van der Waals surface area contributed by atoms with Crippen molar-refractivity contribution in [2.24, 2.45) is 41.4 Å². The molecule has 4 nitrogen and oxygen atoms in total. The van der Waals surface area contributed by atoms with E-state index in [0.29, 0.717) is 0 Å². The third kappa shape index (κ3) is 7.27. The standard InChI is InChI=1S/C30H54N4S2/c1-20-11-25-12-21(2)15-29(14-20,18-25)33-27(35)31-9-7-6-8-10-32-28(36)34-30-16-22(3)13-26(19-30)24(5)23(4)17-30/h20-26H,6-19H2,1-5H3,(H2,31,33,35)(H2,32,34,36). The van der Waals surface area contributed by atoms with Gasteiger partial charge in [0, 0.05) is 24.2 Å². The number of rotatable bonds is 8. The van der Waals surface area contributed by atoms with E-state index in [0.717, 1.165) is 77.6 Å². The van der Waals surface area contributed by atoms with Crippen molar-refractivity contribution in [2.75, 3.05) is 13.1 Å². The molecule has 0 aromatic rings. The van der Waals surface area contributed by atoms with E-state index in [9.17, 15) is 0 Å². The Bertz CT molecular complexity index is 749. The molecule has 7 unspecified atom stereocenters. The summed E-state index contributed by atoms with van der Waals surface area (Å²) in [5.74, 6) is 5.78. The minimum absolute atomic E-state index is 0.219. The molecule has 0 saturated heterocycles. The number of hydrogen-bond donors (Lipinski definition) is 4. The number of fused-ring (bicyclic) bond motifs is 4. The maximum atomic E-state index is 5.75. The first kappa shape index (κ1) is 28.4. The number of thiocarbonyl (C=S) groups is 2. The van der Waals surface area contributed by atoms with Gasteiger partial charge in [-0.25, -0.2) is 0 Å². The van der Waals surface area contributed by atoms with Gasteiger partial charge in [0.1, 0.15) is 0 Å². The zero-order valence-electron chi connectivity index (χ0n) is 23.8. The number of hydrogen-bond acceptors (Lipinski definition) is 2. The number of nitrogens with one attached hydrogen (secondary N) is 4. The molecule has 7 atom stereocenters. The molecule has 6 heteroatoms. The van der Waals surface area contributed by atoms with Crippen LogP contribution in [-0.2, 0) is 0 Å². The highest BCUT2D eigenvalue weighted by Gasteiger charge is 2.47. The molecule has 0 radical (unpaired) electrons. The first-order chi connectivity index (χ1) is 17.1. The van der Waals surface area contributed by atoms with Crippen LogP contribution in [0.15, 0.2) is 0 Å². The van der Waals surface area contributed by atoms with Crippen LogP contribution in [-0.4, -0.2) is 34.4 Å². The van der Waals surface area contributed by atoms with Crippen LogP contribution in [0.2, 0.25) is 0 Å². The molecule has 4 rings (SSSR count). The zero-order chi connectivity index (χ0) is 25.9. The minimum Gasteiger partial charge on any atom is -0.363 e. The first-order valence-corrected chi connectivity index (χ1v) is 16.0. The summed E-state index contributed by atoms with van der Waals surface area (Å²) < 4.78 is 0. The van der Waals surface area contributed by atoms with E-state index >= 15 is 0 Å². The van der Waals surface area contributed by atoms with Gasteiger partial charge in [0.25, 0.3) is 0 Å². The summed E-state index contributed by atoms with van der Waals surface area (Å²) in [6.45, 7) is 14.1. The van der Waals surface area contributed by atoms with Gasteiger partial charge in [-0.15, -0.1) is 0 Å². The van der Waals surface area contributed by atoms with Crippen LogP contribution in [0.5, 0.6) is 0 Å². The van der Waals surface area contributed by atoms with E-state index < -0.39 is 0 Å². The molecule has 36 heavy (non-hydrogen) atoms. The van der Waals surface area contributed by atoms with Crippen LogP contribution in [0.3, 0.4) is 0 Å². The van der Waals surface area contributed by atoms with Crippen molar-refractivity contribution in [2.45, 2.75) is 123 Å². The monoisotopic (exact) mass is 534 g/mol. The van der Waals surface area contributed by atoms with Gasteiger partial charge < -0.3 is 21.3 Å². The minimum atomic E-state index is 0.219. The van der Waals surface area contributed by atoms with Crippen LogP contribution in [0.4, 0.5) is 0 Å². The molecular weight excluding hydrogens is 480 g/mol. The average Bonchev–Trinajstić information content (AvgIpc) is 2.75. The molecule has 0 heterocycles. The molecule has 4 bridgehead atoms. The first-order valence-electron chi connectivity index (χ1n) is 15.2. The van der Waals surface area contributed by atoms with Gasteiger partial charge in [-0.1, -0.05) is 34.6 Å². The molecule has 4 saturated carbocycles. The lowest BCUT2D eigenvalue weighted by Gasteiger charge is -2.53. The average molecular weight is 535 g/mol. The Morgan fingerprint density at radius 3 is 1.69 bits per heavy atom. The molecule has 4 aliphatic rings. The second kappa shape index (κ2) is 12.1. The van der Waals surface area contributed by atoms with Gasteiger partial charge in [0.05, 0.1) is 0 Å². The van der Waals surface area contributed by atoms with Crippen molar-refractivity contribution < 1.29 is 0 Å². The van der Waals surface area contributed by atoms with Gasteiger partial charge in [0.2, 0.25) is 0 Å². The molecule has 0 spiro atoms. The Kier molecular flexibility index (Phi) is 9.50. The van der Waals surface area contributed by atoms with Crippen molar-refractivity contribution in [3.63, 3.8) is 0 Å². The van der Waals surface area contributed by atoms with Crippen LogP contribution in [0, 0.1) is 41.4 Å². The fourth-order valence-electron chi connectivity index (χ4n) is 9.18. The number of unbranched alkanes of at least 4 members (excludes halogenated alkanes) is 2. The van der Waals surface area contributed by atoms with E-state index in [2.05, 4.69) is 55.9 Å². The van der Waals surface area contributed by atoms with Crippen molar-refractivity contribution >= 4 is 34.7 Å². The summed E-state index contributed by atoms with van der Waals surface area (Å²) in [6.07, 6.45) is 15.3. The highest BCUT2D eigenvalue weighted by atomic mass is 32.1. The highest BCUT2D eigenvalue weighted by Crippen LogP contribution is 2.50. The molecular formula is C30H54N4S2. The smallest absolute Gasteiger partial charge is 0.166 e. The fourth-order valence-corrected chi connectivity index (χ4v) is 9.82. The lowest BCUT2D eigenvalue weighted by atomic mass is 9.57. The third-order valence-corrected chi connectivity index (χ3v) is 10.8. The summed E-state index contributed by atoms with van der Waals surface area (Å²) in [5, 5.41) is 16.4.